The molecule has 1 N–H and O–H groups in total. The molecule has 1 aromatic heterocycles. The maximum absolute atomic E-state index is 6.01. The minimum absolute atomic E-state index is 0.554. The first kappa shape index (κ1) is 21.3. The van der Waals surface area contributed by atoms with Gasteiger partial charge in [0.2, 0.25) is 0 Å². The van der Waals surface area contributed by atoms with Gasteiger partial charge in [0, 0.05) is 42.0 Å². The van der Waals surface area contributed by atoms with E-state index in [0.29, 0.717) is 13.2 Å². The van der Waals surface area contributed by atoms with Gasteiger partial charge in [-0.1, -0.05) is 0 Å². The summed E-state index contributed by atoms with van der Waals surface area (Å²) in [5, 5.41) is 4.75. The molecule has 0 unspecified atom stereocenters. The molecule has 6 heteroatoms. The molecule has 2 aromatic rings. The van der Waals surface area contributed by atoms with Crippen LogP contribution in [0, 0.1) is 0 Å². The predicted octanol–water partition coefficient (Wildman–Crippen LogP) is 3.79. The Morgan fingerprint density at radius 2 is 1.93 bits per heavy atom. The fourth-order valence-electron chi connectivity index (χ4n) is 4.61. The van der Waals surface area contributed by atoms with Crippen LogP contribution in [0.2, 0.25) is 0 Å². The third-order valence-electron chi connectivity index (χ3n) is 6.17. The lowest BCUT2D eigenvalue weighted by Gasteiger charge is -2.18. The zero-order valence-corrected chi connectivity index (χ0v) is 18.5. The van der Waals surface area contributed by atoms with Crippen LogP contribution in [0.4, 0.5) is 5.69 Å². The van der Waals surface area contributed by atoms with Gasteiger partial charge in [-0.2, -0.15) is 0 Å². The van der Waals surface area contributed by atoms with Crippen LogP contribution in [0.25, 0.3) is 10.9 Å². The molecule has 0 amide bonds. The molecule has 0 saturated carbocycles. The lowest BCUT2D eigenvalue weighted by atomic mass is 10.0. The van der Waals surface area contributed by atoms with Gasteiger partial charge in [0.15, 0.2) is 0 Å². The highest BCUT2D eigenvalue weighted by atomic mass is 16.5. The van der Waals surface area contributed by atoms with E-state index in [-0.39, 0.29) is 0 Å². The highest BCUT2D eigenvalue weighted by Gasteiger charge is 2.21. The smallest absolute Gasteiger partial charge is 0.125 e. The third kappa shape index (κ3) is 4.88. The summed E-state index contributed by atoms with van der Waals surface area (Å²) in [5.74, 6) is 0.872. The Morgan fingerprint density at radius 1 is 1.07 bits per heavy atom. The van der Waals surface area contributed by atoms with Crippen molar-refractivity contribution in [3.63, 3.8) is 0 Å². The van der Waals surface area contributed by atoms with Gasteiger partial charge in [-0.25, -0.2) is 0 Å². The van der Waals surface area contributed by atoms with E-state index in [4.69, 9.17) is 19.2 Å². The molecule has 2 heterocycles. The summed E-state index contributed by atoms with van der Waals surface area (Å²) in [6, 6.07) is 4.28. The number of benzene rings is 1. The molecule has 0 atom stereocenters. The van der Waals surface area contributed by atoms with Crippen molar-refractivity contribution in [1.29, 1.82) is 0 Å². The molecule has 1 saturated heterocycles. The molecule has 0 spiro atoms. The number of hydrogen-bond acceptors (Lipinski definition) is 6. The van der Waals surface area contributed by atoms with Crippen LogP contribution < -0.4 is 10.1 Å². The molecule has 6 nitrogen and oxygen atoms in total. The van der Waals surface area contributed by atoms with E-state index in [1.165, 1.54) is 49.3 Å². The Morgan fingerprint density at radius 3 is 2.73 bits per heavy atom. The van der Waals surface area contributed by atoms with Crippen molar-refractivity contribution in [1.82, 2.24) is 9.88 Å². The number of aryl methyl sites for hydroxylation is 1. The molecule has 0 bridgehead atoms. The van der Waals surface area contributed by atoms with Gasteiger partial charge >= 0.3 is 0 Å². The fraction of sp³-hybridized carbons (Fsp3) is 0.625. The maximum Gasteiger partial charge on any atom is 0.125 e. The van der Waals surface area contributed by atoms with Crippen molar-refractivity contribution in [2.75, 3.05) is 58.4 Å². The molecule has 0 radical (unpaired) electrons. The molecule has 4 rings (SSSR count). The molecular formula is C24H35N3O3. The Labute approximate surface area is 179 Å². The predicted molar refractivity (Wildman–Crippen MR) is 121 cm³/mol. The average molecular weight is 414 g/mol. The van der Waals surface area contributed by atoms with E-state index in [1.807, 2.05) is 6.92 Å². The summed E-state index contributed by atoms with van der Waals surface area (Å²) in [6.07, 6.45) is 5.94. The van der Waals surface area contributed by atoms with Crippen molar-refractivity contribution < 1.29 is 14.2 Å². The molecule has 2 aliphatic rings. The van der Waals surface area contributed by atoms with E-state index in [2.05, 4.69) is 22.3 Å². The van der Waals surface area contributed by atoms with Crippen LogP contribution >= 0.6 is 0 Å². The number of aromatic nitrogens is 1. The number of methoxy groups -OCH3 is 1. The van der Waals surface area contributed by atoms with Gasteiger partial charge in [0.25, 0.3) is 0 Å². The Bertz CT molecular complexity index is 849. The highest BCUT2D eigenvalue weighted by Crippen LogP contribution is 2.37. The average Bonchev–Trinajstić information content (AvgIpc) is 3.45. The van der Waals surface area contributed by atoms with Crippen LogP contribution in [0.15, 0.2) is 12.1 Å². The monoisotopic (exact) mass is 413 g/mol. The summed E-state index contributed by atoms with van der Waals surface area (Å²) in [4.78, 5) is 7.47. The third-order valence-corrected chi connectivity index (χ3v) is 6.17. The summed E-state index contributed by atoms with van der Waals surface area (Å²) < 4.78 is 17.3. The molecular weight excluding hydrogens is 378 g/mol. The SMILES string of the molecule is CCOCCNc1c2c(nc3cc(COCCN4CCCC4)c(OC)cc13)CCC2. The number of hydrogen-bond donors (Lipinski definition) is 1. The van der Waals surface area contributed by atoms with Crippen LogP contribution in [-0.4, -0.2) is 63.0 Å². The number of nitrogens with zero attached hydrogens (tertiary/aromatic N) is 2. The van der Waals surface area contributed by atoms with E-state index in [1.54, 1.807) is 7.11 Å². The normalized spacial score (nSPS) is 16.3. The largest absolute Gasteiger partial charge is 0.496 e. The number of rotatable bonds is 11. The quantitative estimate of drug-likeness (QED) is 0.566. The van der Waals surface area contributed by atoms with Crippen LogP contribution in [0.1, 0.15) is 43.0 Å². The van der Waals surface area contributed by atoms with Crippen LogP contribution in [0.3, 0.4) is 0 Å². The van der Waals surface area contributed by atoms with Gasteiger partial charge in [-0.15, -0.1) is 0 Å². The van der Waals surface area contributed by atoms with Crippen molar-refractivity contribution in [3.05, 3.63) is 29.0 Å². The van der Waals surface area contributed by atoms with Gasteiger partial charge < -0.3 is 24.4 Å². The first-order valence-electron chi connectivity index (χ1n) is 11.4. The number of ether oxygens (including phenoxy) is 3. The number of anilines is 1. The number of pyridine rings is 1. The molecule has 1 aliphatic carbocycles. The summed E-state index contributed by atoms with van der Waals surface area (Å²) in [7, 11) is 1.73. The van der Waals surface area contributed by atoms with E-state index in [9.17, 15) is 0 Å². The lowest BCUT2D eigenvalue weighted by Crippen LogP contribution is -2.23. The molecule has 30 heavy (non-hydrogen) atoms. The minimum atomic E-state index is 0.554. The summed E-state index contributed by atoms with van der Waals surface area (Å²) >= 11 is 0. The van der Waals surface area contributed by atoms with Gasteiger partial charge in [0.05, 0.1) is 32.4 Å². The summed E-state index contributed by atoms with van der Waals surface area (Å²) in [5.41, 5.74) is 5.88. The Hall–Kier alpha value is -1.89. The van der Waals surface area contributed by atoms with Crippen molar-refractivity contribution >= 4 is 16.6 Å². The van der Waals surface area contributed by atoms with E-state index >= 15 is 0 Å². The van der Waals surface area contributed by atoms with Crippen LogP contribution in [0.5, 0.6) is 5.75 Å². The standard InChI is InChI=1S/C24H35N3O3/c1-3-29-13-9-25-24-19-7-6-8-21(19)26-22-15-18(23(28-2)16-20(22)24)17-30-14-12-27-10-4-5-11-27/h15-16H,3-14,17H2,1-2H3,(H,25,26). The zero-order valence-electron chi connectivity index (χ0n) is 18.5. The van der Waals surface area contributed by atoms with Crippen molar-refractivity contribution in [2.24, 2.45) is 0 Å². The molecule has 1 aliphatic heterocycles. The molecule has 1 aromatic carbocycles. The highest BCUT2D eigenvalue weighted by molar-refractivity contribution is 5.95. The van der Waals surface area contributed by atoms with Crippen LogP contribution in [-0.2, 0) is 28.9 Å². The Kier molecular flexibility index (Phi) is 7.42. The number of nitrogens with one attached hydrogen (secondary N) is 1. The number of fused-ring (bicyclic) bond motifs is 2. The second kappa shape index (κ2) is 10.4. The van der Waals surface area contributed by atoms with Crippen molar-refractivity contribution in [3.8, 4) is 5.75 Å². The minimum Gasteiger partial charge on any atom is -0.496 e. The first-order chi connectivity index (χ1) is 14.8. The van der Waals surface area contributed by atoms with Gasteiger partial charge in [-0.3, -0.25) is 4.98 Å². The van der Waals surface area contributed by atoms with Crippen molar-refractivity contribution in [2.45, 2.75) is 45.6 Å². The molecule has 1 fully saturated rings. The lowest BCUT2D eigenvalue weighted by molar-refractivity contribution is 0.0979. The van der Waals surface area contributed by atoms with Gasteiger partial charge in [0.1, 0.15) is 5.75 Å². The summed E-state index contributed by atoms with van der Waals surface area (Å²) in [6.45, 7) is 8.99. The first-order valence-corrected chi connectivity index (χ1v) is 11.4. The number of likely N-dealkylation sites (tertiary alicyclic amines) is 1. The van der Waals surface area contributed by atoms with E-state index in [0.717, 1.165) is 61.4 Å². The second-order valence-electron chi connectivity index (χ2n) is 8.17. The zero-order chi connectivity index (χ0) is 20.8. The Balaban J connectivity index is 1.53. The maximum atomic E-state index is 6.01. The molecule has 164 valence electrons. The topological polar surface area (TPSA) is 55.8 Å². The fourth-order valence-corrected chi connectivity index (χ4v) is 4.61. The van der Waals surface area contributed by atoms with Gasteiger partial charge in [-0.05, 0) is 69.8 Å². The van der Waals surface area contributed by atoms with E-state index < -0.39 is 0 Å². The second-order valence-corrected chi connectivity index (χ2v) is 8.17.